The summed E-state index contributed by atoms with van der Waals surface area (Å²) in [4.78, 5) is 30.1. The molecule has 0 saturated carbocycles. The highest BCUT2D eigenvalue weighted by Gasteiger charge is 2.17. The monoisotopic (exact) mass is 462 g/mol. The number of phenolic OH excluding ortho intramolecular Hbond substituents is 2. The van der Waals surface area contributed by atoms with Crippen molar-refractivity contribution in [2.45, 2.75) is 25.5 Å². The predicted molar refractivity (Wildman–Crippen MR) is 113 cm³/mol. The minimum absolute atomic E-state index is 0.00487. The molecular weight excluding hydrogens is 444 g/mol. The zero-order valence-electron chi connectivity index (χ0n) is 15.3. The number of carbonyl (C=O) groups excluding carboxylic acids is 1. The van der Waals surface area contributed by atoms with E-state index in [0.29, 0.717) is 22.6 Å². The number of phenols is 2. The van der Waals surface area contributed by atoms with Gasteiger partial charge in [0.2, 0.25) is 0 Å². The third-order valence-electron chi connectivity index (χ3n) is 4.04. The molecule has 0 spiro atoms. The molecule has 2 aromatic carbocycles. The van der Waals surface area contributed by atoms with Gasteiger partial charge in [-0.05, 0) is 36.2 Å². The van der Waals surface area contributed by atoms with Gasteiger partial charge in [0, 0.05) is 17.1 Å². The Labute approximate surface area is 174 Å². The van der Waals surface area contributed by atoms with E-state index in [1.54, 1.807) is 16.7 Å². The van der Waals surface area contributed by atoms with Crippen LogP contribution in [0.15, 0.2) is 50.8 Å². The normalized spacial score (nSPS) is 11.3. The molecule has 0 radical (unpaired) electrons. The topological polar surface area (TPSA) is 92.4 Å². The summed E-state index contributed by atoms with van der Waals surface area (Å²) in [6, 6.07) is 9.17. The fraction of sp³-hybridized carbons (Fsp3) is 0.250. The SMILES string of the molecule is CC(C)Cn1c(SCC(=O)c2ccc(O)cc2O)nc2ccc(Br)cc2c1=O. The molecule has 0 saturated heterocycles. The Morgan fingerprint density at radius 1 is 1.21 bits per heavy atom. The van der Waals surface area contributed by atoms with Crippen LogP contribution in [-0.2, 0) is 6.54 Å². The zero-order valence-corrected chi connectivity index (χ0v) is 17.7. The number of thioether (sulfide) groups is 1. The van der Waals surface area contributed by atoms with E-state index in [0.717, 1.165) is 22.3 Å². The van der Waals surface area contributed by atoms with Crippen LogP contribution in [0.3, 0.4) is 0 Å². The van der Waals surface area contributed by atoms with E-state index in [9.17, 15) is 19.8 Å². The molecule has 146 valence electrons. The van der Waals surface area contributed by atoms with Crippen LogP contribution in [0.2, 0.25) is 0 Å². The standard InChI is InChI=1S/C20H19BrN2O4S/c1-11(2)9-23-19(27)15-7-12(21)3-6-16(15)22-20(23)28-10-18(26)14-5-4-13(24)8-17(14)25/h3-8,11,24-25H,9-10H2,1-2H3. The number of hydrogen-bond acceptors (Lipinski definition) is 6. The fourth-order valence-electron chi connectivity index (χ4n) is 2.77. The first-order valence-electron chi connectivity index (χ1n) is 8.64. The number of carbonyl (C=O) groups is 1. The van der Waals surface area contributed by atoms with Crippen LogP contribution < -0.4 is 5.56 Å². The fourth-order valence-corrected chi connectivity index (χ4v) is 4.03. The molecule has 8 heteroatoms. The molecule has 28 heavy (non-hydrogen) atoms. The predicted octanol–water partition coefficient (Wildman–Crippen LogP) is 4.20. The first-order valence-corrected chi connectivity index (χ1v) is 10.4. The second-order valence-corrected chi connectivity index (χ2v) is 8.64. The summed E-state index contributed by atoms with van der Waals surface area (Å²) >= 11 is 4.54. The van der Waals surface area contributed by atoms with E-state index in [1.807, 2.05) is 19.9 Å². The first kappa shape index (κ1) is 20.4. The Bertz CT molecular complexity index is 1110. The van der Waals surface area contributed by atoms with Crippen molar-refractivity contribution in [1.29, 1.82) is 0 Å². The Morgan fingerprint density at radius 2 is 1.96 bits per heavy atom. The maximum Gasteiger partial charge on any atom is 0.262 e. The van der Waals surface area contributed by atoms with Gasteiger partial charge >= 0.3 is 0 Å². The van der Waals surface area contributed by atoms with Gasteiger partial charge in [-0.3, -0.25) is 14.2 Å². The van der Waals surface area contributed by atoms with Crippen molar-refractivity contribution >= 4 is 44.4 Å². The molecular formula is C20H19BrN2O4S. The van der Waals surface area contributed by atoms with Crippen molar-refractivity contribution in [3.63, 3.8) is 0 Å². The van der Waals surface area contributed by atoms with Crippen LogP contribution in [-0.4, -0.2) is 31.3 Å². The van der Waals surface area contributed by atoms with E-state index in [1.165, 1.54) is 12.1 Å². The van der Waals surface area contributed by atoms with Crippen LogP contribution in [0.5, 0.6) is 11.5 Å². The second-order valence-electron chi connectivity index (χ2n) is 6.78. The molecule has 2 N–H and O–H groups in total. The third kappa shape index (κ3) is 4.39. The summed E-state index contributed by atoms with van der Waals surface area (Å²) in [5.41, 5.74) is 0.533. The summed E-state index contributed by atoms with van der Waals surface area (Å²) in [5, 5.41) is 20.2. The average molecular weight is 463 g/mol. The number of fused-ring (bicyclic) bond motifs is 1. The molecule has 3 rings (SSSR count). The molecule has 0 atom stereocenters. The van der Waals surface area contributed by atoms with E-state index < -0.39 is 0 Å². The van der Waals surface area contributed by atoms with Crippen molar-refractivity contribution in [1.82, 2.24) is 9.55 Å². The van der Waals surface area contributed by atoms with Gasteiger partial charge < -0.3 is 10.2 Å². The number of halogens is 1. The lowest BCUT2D eigenvalue weighted by Crippen LogP contribution is -2.25. The van der Waals surface area contributed by atoms with Crippen LogP contribution in [0.4, 0.5) is 0 Å². The summed E-state index contributed by atoms with van der Waals surface area (Å²) < 4.78 is 2.39. The summed E-state index contributed by atoms with van der Waals surface area (Å²) in [6.45, 7) is 4.49. The van der Waals surface area contributed by atoms with Gasteiger partial charge in [0.25, 0.3) is 5.56 Å². The maximum atomic E-state index is 13.0. The molecule has 6 nitrogen and oxygen atoms in total. The number of nitrogens with zero attached hydrogens (tertiary/aromatic N) is 2. The number of ketones is 1. The van der Waals surface area contributed by atoms with Gasteiger partial charge in [-0.25, -0.2) is 4.98 Å². The van der Waals surface area contributed by atoms with E-state index in [4.69, 9.17) is 0 Å². The van der Waals surface area contributed by atoms with Crippen molar-refractivity contribution in [3.8, 4) is 11.5 Å². The number of aromatic nitrogens is 2. The molecule has 1 aromatic heterocycles. The molecule has 0 amide bonds. The molecule has 1 heterocycles. The van der Waals surface area contributed by atoms with Gasteiger partial charge in [0.15, 0.2) is 10.9 Å². The second kappa shape index (κ2) is 8.36. The minimum Gasteiger partial charge on any atom is -0.508 e. The average Bonchev–Trinajstić information content (AvgIpc) is 2.62. The van der Waals surface area contributed by atoms with Crippen molar-refractivity contribution in [2.24, 2.45) is 5.92 Å². The van der Waals surface area contributed by atoms with Gasteiger partial charge in [-0.2, -0.15) is 0 Å². The molecule has 0 aliphatic rings. The van der Waals surface area contributed by atoms with Gasteiger partial charge in [-0.15, -0.1) is 0 Å². The molecule has 0 bridgehead atoms. The number of Topliss-reactive ketones (excluding diaryl/α,β-unsaturated/α-hetero) is 1. The van der Waals surface area contributed by atoms with Crippen molar-refractivity contribution in [3.05, 3.63) is 56.8 Å². The first-order chi connectivity index (χ1) is 13.3. The Morgan fingerprint density at radius 3 is 2.64 bits per heavy atom. The molecule has 0 fully saturated rings. The minimum atomic E-state index is -0.316. The lowest BCUT2D eigenvalue weighted by Gasteiger charge is -2.15. The lowest BCUT2D eigenvalue weighted by molar-refractivity contribution is 0.102. The van der Waals surface area contributed by atoms with Crippen LogP contribution in [0.25, 0.3) is 10.9 Å². The Kier molecular flexibility index (Phi) is 6.10. The van der Waals surface area contributed by atoms with E-state index in [-0.39, 0.29) is 40.1 Å². The third-order valence-corrected chi connectivity index (χ3v) is 5.51. The highest BCUT2D eigenvalue weighted by Crippen LogP contribution is 2.26. The Hall–Kier alpha value is -2.32. The lowest BCUT2D eigenvalue weighted by atomic mass is 10.1. The summed E-state index contributed by atoms with van der Waals surface area (Å²) in [7, 11) is 0. The molecule has 0 unspecified atom stereocenters. The quantitative estimate of drug-likeness (QED) is 0.324. The van der Waals surface area contributed by atoms with Crippen molar-refractivity contribution < 1.29 is 15.0 Å². The van der Waals surface area contributed by atoms with Crippen LogP contribution in [0, 0.1) is 5.92 Å². The number of aromatic hydroxyl groups is 2. The highest BCUT2D eigenvalue weighted by molar-refractivity contribution is 9.10. The van der Waals surface area contributed by atoms with Crippen LogP contribution >= 0.6 is 27.7 Å². The highest BCUT2D eigenvalue weighted by atomic mass is 79.9. The Balaban J connectivity index is 1.96. The molecule has 0 aliphatic heterocycles. The van der Waals surface area contributed by atoms with E-state index >= 15 is 0 Å². The zero-order chi connectivity index (χ0) is 20.4. The van der Waals surface area contributed by atoms with Gasteiger partial charge in [0.05, 0.1) is 22.2 Å². The van der Waals surface area contributed by atoms with Crippen LogP contribution in [0.1, 0.15) is 24.2 Å². The summed E-state index contributed by atoms with van der Waals surface area (Å²) in [6.07, 6.45) is 0. The number of rotatable bonds is 6. The molecule has 0 aliphatic carbocycles. The van der Waals surface area contributed by atoms with Gasteiger partial charge in [0.1, 0.15) is 11.5 Å². The van der Waals surface area contributed by atoms with E-state index in [2.05, 4.69) is 20.9 Å². The number of hydrogen-bond donors (Lipinski definition) is 2. The van der Waals surface area contributed by atoms with Crippen molar-refractivity contribution in [2.75, 3.05) is 5.75 Å². The smallest absolute Gasteiger partial charge is 0.262 e. The maximum absolute atomic E-state index is 13.0. The number of benzene rings is 2. The summed E-state index contributed by atoms with van der Waals surface area (Å²) in [5.74, 6) is -0.481. The van der Waals surface area contributed by atoms with Gasteiger partial charge in [-0.1, -0.05) is 41.5 Å². The molecule has 3 aromatic rings. The largest absolute Gasteiger partial charge is 0.508 e.